The minimum absolute atomic E-state index is 0.0416. The Labute approximate surface area is 95.0 Å². The summed E-state index contributed by atoms with van der Waals surface area (Å²) in [4.78, 5) is 0. The minimum Gasteiger partial charge on any atom is -0.394 e. The van der Waals surface area contributed by atoms with Gasteiger partial charge >= 0.3 is 7.60 Å². The van der Waals surface area contributed by atoms with E-state index in [1.54, 1.807) is 0 Å². The maximum atomic E-state index is 11.9. The molecular weight excluding hydrogens is 235 g/mol. The molecule has 0 aromatic rings. The lowest BCUT2D eigenvalue weighted by Gasteiger charge is -2.22. The first-order chi connectivity index (χ1) is 7.47. The lowest BCUT2D eigenvalue weighted by atomic mass is 9.99. The lowest BCUT2D eigenvalue weighted by molar-refractivity contribution is 0.0101. The molecule has 16 heavy (non-hydrogen) atoms. The maximum absolute atomic E-state index is 11.9. The topological polar surface area (TPSA) is 85.2 Å². The molecule has 0 amide bonds. The van der Waals surface area contributed by atoms with Crippen molar-refractivity contribution in [1.29, 1.82) is 0 Å². The molecule has 2 radical (unpaired) electrons. The monoisotopic (exact) mass is 252 g/mol. The fraction of sp³-hybridized carbons (Fsp3) is 0.889. The van der Waals surface area contributed by atoms with Crippen molar-refractivity contribution in [2.45, 2.75) is 18.3 Å². The first-order valence-corrected chi connectivity index (χ1v) is 6.60. The van der Waals surface area contributed by atoms with Gasteiger partial charge in [-0.25, -0.2) is 0 Å². The average Bonchev–Trinajstić information content (AvgIpc) is 2.56. The van der Waals surface area contributed by atoms with Gasteiger partial charge < -0.3 is 24.0 Å². The van der Waals surface area contributed by atoms with Gasteiger partial charge in [0.1, 0.15) is 0 Å². The smallest absolute Gasteiger partial charge is 0.330 e. The maximum Gasteiger partial charge on any atom is 0.330 e. The van der Waals surface area contributed by atoms with Crippen LogP contribution < -0.4 is 0 Å². The quantitative estimate of drug-likeness (QED) is 0.666. The van der Waals surface area contributed by atoms with Crippen LogP contribution in [0.1, 0.15) is 0 Å². The van der Waals surface area contributed by atoms with Gasteiger partial charge in [-0.1, -0.05) is 0 Å². The zero-order valence-electron chi connectivity index (χ0n) is 9.28. The summed E-state index contributed by atoms with van der Waals surface area (Å²) in [6, 6.07) is 0. The Bertz CT molecular complexity index is 263. The zero-order chi connectivity index (χ0) is 12.3. The summed E-state index contributed by atoms with van der Waals surface area (Å²) in [5.41, 5.74) is 0. The molecule has 0 aromatic carbocycles. The van der Waals surface area contributed by atoms with Crippen LogP contribution in [0, 0.1) is 12.8 Å². The molecule has 0 aliphatic carbocycles. The summed E-state index contributed by atoms with van der Waals surface area (Å²) in [6.45, 7) is 5.18. The summed E-state index contributed by atoms with van der Waals surface area (Å²) in [5.74, 6) is -0.564. The Hall–Kier alpha value is 0.0300. The molecule has 2 N–H and O–H groups in total. The SMILES string of the molecule is [CH][C@@H]1O[C@H](CO)[C@H](CP(=O)(OC)OC)C1O. The molecule has 6 nitrogen and oxygen atoms in total. The first kappa shape index (κ1) is 14.1. The number of hydrogen-bond acceptors (Lipinski definition) is 6. The van der Waals surface area contributed by atoms with Crippen molar-refractivity contribution < 1.29 is 28.6 Å². The second-order valence-corrected chi connectivity index (χ2v) is 5.95. The first-order valence-electron chi connectivity index (χ1n) is 4.88. The van der Waals surface area contributed by atoms with Crippen LogP contribution in [0.4, 0.5) is 0 Å². The summed E-state index contributed by atoms with van der Waals surface area (Å²) in [5, 5.41) is 18.8. The van der Waals surface area contributed by atoms with Crippen molar-refractivity contribution >= 4 is 7.60 Å². The molecule has 0 saturated carbocycles. The molecule has 1 rings (SSSR count). The van der Waals surface area contributed by atoms with Gasteiger partial charge in [-0.3, -0.25) is 4.57 Å². The molecule has 7 heteroatoms. The fourth-order valence-corrected chi connectivity index (χ4v) is 3.15. The van der Waals surface area contributed by atoms with Crippen LogP contribution in [0.25, 0.3) is 0 Å². The molecule has 1 aliphatic heterocycles. The zero-order valence-corrected chi connectivity index (χ0v) is 10.2. The highest BCUT2D eigenvalue weighted by Crippen LogP contribution is 2.50. The number of rotatable bonds is 5. The molecule has 0 spiro atoms. The number of ether oxygens (including phenoxy) is 1. The molecular formula is C9H17O6P. The summed E-state index contributed by atoms with van der Waals surface area (Å²) >= 11 is 0. The third-order valence-electron chi connectivity index (χ3n) is 2.76. The Kier molecular flexibility index (Phi) is 4.91. The molecule has 1 aliphatic rings. The van der Waals surface area contributed by atoms with Crippen molar-refractivity contribution in [3.8, 4) is 0 Å². The van der Waals surface area contributed by atoms with Gasteiger partial charge in [0, 0.05) is 20.1 Å². The number of aliphatic hydroxyl groups is 2. The Morgan fingerprint density at radius 1 is 1.44 bits per heavy atom. The van der Waals surface area contributed by atoms with Gasteiger partial charge in [-0.2, -0.15) is 0 Å². The number of aliphatic hydroxyl groups excluding tert-OH is 2. The molecule has 0 aromatic heterocycles. The number of hydrogen-bond donors (Lipinski definition) is 2. The van der Waals surface area contributed by atoms with E-state index in [9.17, 15) is 9.67 Å². The Morgan fingerprint density at radius 3 is 2.44 bits per heavy atom. The van der Waals surface area contributed by atoms with Gasteiger partial charge in [0.2, 0.25) is 0 Å². The standard InChI is InChI=1S/C9H17O6P/c1-6-9(11)7(8(4-10)15-6)5-16(12,13-2)14-3/h1,6-11H,4-5H2,2-3H3/t6-,7-,8+,9?/m0/s1. The van der Waals surface area contributed by atoms with E-state index in [-0.39, 0.29) is 12.8 Å². The Morgan fingerprint density at radius 2 is 2.00 bits per heavy atom. The third kappa shape index (κ3) is 2.83. The van der Waals surface area contributed by atoms with E-state index in [0.717, 1.165) is 0 Å². The molecule has 1 fully saturated rings. The fourth-order valence-electron chi connectivity index (χ4n) is 1.73. The van der Waals surface area contributed by atoms with E-state index in [4.69, 9.17) is 25.8 Å². The predicted octanol–water partition coefficient (Wildman–Crippen LogP) is -0.0798. The summed E-state index contributed by atoms with van der Waals surface area (Å²) in [7, 11) is -0.723. The van der Waals surface area contributed by atoms with Crippen molar-refractivity contribution in [2.24, 2.45) is 5.92 Å². The highest BCUT2D eigenvalue weighted by Gasteiger charge is 2.45. The van der Waals surface area contributed by atoms with Gasteiger partial charge in [0.15, 0.2) is 0 Å². The largest absolute Gasteiger partial charge is 0.394 e. The van der Waals surface area contributed by atoms with E-state index < -0.39 is 31.8 Å². The molecule has 0 bridgehead atoms. The minimum atomic E-state index is -3.25. The van der Waals surface area contributed by atoms with Crippen molar-refractivity contribution in [3.05, 3.63) is 6.92 Å². The Balaban J connectivity index is 2.74. The van der Waals surface area contributed by atoms with Gasteiger partial charge in [0.05, 0.1) is 31.1 Å². The molecule has 1 unspecified atom stereocenters. The van der Waals surface area contributed by atoms with Crippen LogP contribution in [0.5, 0.6) is 0 Å². The average molecular weight is 252 g/mol. The molecule has 94 valence electrons. The van der Waals surface area contributed by atoms with Gasteiger partial charge in [-0.05, 0) is 6.92 Å². The van der Waals surface area contributed by atoms with Crippen molar-refractivity contribution in [3.63, 3.8) is 0 Å². The highest BCUT2D eigenvalue weighted by atomic mass is 31.2. The normalized spacial score (nSPS) is 35.6. The van der Waals surface area contributed by atoms with E-state index in [1.807, 2.05) is 0 Å². The predicted molar refractivity (Wildman–Crippen MR) is 56.0 cm³/mol. The van der Waals surface area contributed by atoms with Gasteiger partial charge in [-0.15, -0.1) is 0 Å². The molecule has 1 saturated heterocycles. The van der Waals surface area contributed by atoms with Crippen LogP contribution in [0.2, 0.25) is 0 Å². The van der Waals surface area contributed by atoms with E-state index in [1.165, 1.54) is 14.2 Å². The van der Waals surface area contributed by atoms with Crippen LogP contribution in [0.15, 0.2) is 0 Å². The van der Waals surface area contributed by atoms with Crippen LogP contribution >= 0.6 is 7.60 Å². The van der Waals surface area contributed by atoms with Crippen LogP contribution in [-0.2, 0) is 18.3 Å². The summed E-state index contributed by atoms with van der Waals surface area (Å²) < 4.78 is 26.5. The second kappa shape index (κ2) is 5.58. The van der Waals surface area contributed by atoms with Crippen LogP contribution in [0.3, 0.4) is 0 Å². The molecule has 1 heterocycles. The van der Waals surface area contributed by atoms with E-state index >= 15 is 0 Å². The highest BCUT2D eigenvalue weighted by molar-refractivity contribution is 7.53. The van der Waals surface area contributed by atoms with Crippen molar-refractivity contribution in [2.75, 3.05) is 27.0 Å². The van der Waals surface area contributed by atoms with E-state index in [2.05, 4.69) is 0 Å². The third-order valence-corrected chi connectivity index (χ3v) is 4.74. The van der Waals surface area contributed by atoms with Crippen molar-refractivity contribution in [1.82, 2.24) is 0 Å². The summed E-state index contributed by atoms with van der Waals surface area (Å²) in [6.07, 6.45) is -2.57. The lowest BCUT2D eigenvalue weighted by Crippen LogP contribution is -2.31. The van der Waals surface area contributed by atoms with E-state index in [0.29, 0.717) is 0 Å². The van der Waals surface area contributed by atoms with Crippen LogP contribution in [-0.4, -0.2) is 55.5 Å². The second-order valence-electron chi connectivity index (χ2n) is 3.63. The van der Waals surface area contributed by atoms with Gasteiger partial charge in [0.25, 0.3) is 0 Å². The molecule has 4 atom stereocenters.